The first kappa shape index (κ1) is 18.0. The molecule has 0 unspecified atom stereocenters. The lowest BCUT2D eigenvalue weighted by Gasteiger charge is -2.19. The van der Waals surface area contributed by atoms with Crippen LogP contribution in [0.15, 0.2) is 34.6 Å². The molecule has 3 nitrogen and oxygen atoms in total. The van der Waals surface area contributed by atoms with Crippen molar-refractivity contribution >= 4 is 23.5 Å². The van der Waals surface area contributed by atoms with Gasteiger partial charge >= 0.3 is 5.82 Å². The zero-order valence-electron chi connectivity index (χ0n) is 14.6. The molecule has 0 radical (unpaired) electrons. The summed E-state index contributed by atoms with van der Waals surface area (Å²) in [6.45, 7) is 0. The van der Waals surface area contributed by atoms with Gasteiger partial charge < -0.3 is 8.83 Å². The molecule has 132 valence electrons. The Bertz CT molecular complexity index is 637. The van der Waals surface area contributed by atoms with Crippen LogP contribution in [0.5, 0.6) is 0 Å². The van der Waals surface area contributed by atoms with Crippen LogP contribution >= 0.6 is 23.5 Å². The van der Waals surface area contributed by atoms with Crippen molar-refractivity contribution in [2.24, 2.45) is 0 Å². The first-order valence-electron chi connectivity index (χ1n) is 8.82. The highest BCUT2D eigenvalue weighted by Crippen LogP contribution is 2.36. The maximum atomic E-state index is 11.7. The molecule has 0 saturated carbocycles. The number of thioether (sulfide) groups is 2. The first-order valence-corrected chi connectivity index (χ1v) is 11.3. The molecule has 0 fully saturated rings. The second-order valence-electron chi connectivity index (χ2n) is 6.53. The van der Waals surface area contributed by atoms with Gasteiger partial charge in [-0.3, -0.25) is 0 Å². The molecule has 0 atom stereocenters. The quantitative estimate of drug-likeness (QED) is 0.646. The summed E-state index contributed by atoms with van der Waals surface area (Å²) >= 11 is 3.68. The minimum atomic E-state index is -0.552. The smallest absolute Gasteiger partial charge is 0.395 e. The molecule has 0 saturated heterocycles. The van der Waals surface area contributed by atoms with Crippen LogP contribution in [-0.2, 0) is 12.8 Å². The van der Waals surface area contributed by atoms with E-state index >= 15 is 0 Å². The van der Waals surface area contributed by atoms with Crippen LogP contribution in [0.1, 0.15) is 62.9 Å². The second-order valence-corrected chi connectivity index (χ2v) is 8.33. The summed E-state index contributed by atoms with van der Waals surface area (Å²) in [4.78, 5) is 14.7. The SMILES string of the molecule is CSC1=C(Cc2oc(=O)oc2CC2=C(SC)CCCC2)CCCC1. The van der Waals surface area contributed by atoms with E-state index in [0.717, 1.165) is 50.0 Å². The van der Waals surface area contributed by atoms with Crippen LogP contribution in [0.4, 0.5) is 0 Å². The van der Waals surface area contributed by atoms with E-state index in [1.165, 1.54) is 46.6 Å². The molecule has 0 amide bonds. The standard InChI is InChI=1S/C19H26O3S2/c1-23-17-9-5-3-7-13(17)11-15-16(22-19(20)21-15)12-14-8-4-6-10-18(14)24-2/h3-12H2,1-2H3. The molecule has 1 aromatic rings. The molecule has 2 aliphatic rings. The zero-order chi connectivity index (χ0) is 16.9. The molecule has 3 rings (SSSR count). The van der Waals surface area contributed by atoms with Gasteiger partial charge in [-0.15, -0.1) is 23.5 Å². The van der Waals surface area contributed by atoms with Gasteiger partial charge in [0.05, 0.1) is 0 Å². The highest BCUT2D eigenvalue weighted by Gasteiger charge is 2.21. The van der Waals surface area contributed by atoms with Gasteiger partial charge in [-0.1, -0.05) is 11.1 Å². The molecule has 0 N–H and O–H groups in total. The Hall–Kier alpha value is -0.810. The lowest BCUT2D eigenvalue weighted by molar-refractivity contribution is 0.367. The largest absolute Gasteiger partial charge is 0.519 e. The average molecular weight is 367 g/mol. The summed E-state index contributed by atoms with van der Waals surface area (Å²) in [5, 5.41) is 0. The molecule has 0 bridgehead atoms. The van der Waals surface area contributed by atoms with Gasteiger partial charge in [0.15, 0.2) is 11.5 Å². The normalized spacial score (nSPS) is 19.2. The van der Waals surface area contributed by atoms with E-state index in [9.17, 15) is 4.79 Å². The summed E-state index contributed by atoms with van der Waals surface area (Å²) in [5.74, 6) is 0.952. The fourth-order valence-electron chi connectivity index (χ4n) is 3.74. The van der Waals surface area contributed by atoms with Crippen LogP contribution in [0.3, 0.4) is 0 Å². The van der Waals surface area contributed by atoms with Gasteiger partial charge in [-0.2, -0.15) is 0 Å². The fourth-order valence-corrected chi connectivity index (χ4v) is 5.36. The lowest BCUT2D eigenvalue weighted by Crippen LogP contribution is -2.04. The van der Waals surface area contributed by atoms with Crippen molar-refractivity contribution in [3.63, 3.8) is 0 Å². The molecule has 2 aliphatic carbocycles. The Morgan fingerprint density at radius 3 is 1.58 bits per heavy atom. The summed E-state index contributed by atoms with van der Waals surface area (Å²) < 4.78 is 10.9. The summed E-state index contributed by atoms with van der Waals surface area (Å²) in [6, 6.07) is 0. The average Bonchev–Trinajstić information content (AvgIpc) is 2.95. The molecule has 0 spiro atoms. The third-order valence-corrected chi connectivity index (χ3v) is 6.99. The maximum Gasteiger partial charge on any atom is 0.519 e. The van der Waals surface area contributed by atoms with Gasteiger partial charge in [-0.25, -0.2) is 4.79 Å². The lowest BCUT2D eigenvalue weighted by atomic mass is 9.93. The minimum Gasteiger partial charge on any atom is -0.395 e. The summed E-state index contributed by atoms with van der Waals surface area (Å²) in [6.07, 6.45) is 15.3. The van der Waals surface area contributed by atoms with E-state index in [1.807, 2.05) is 23.5 Å². The Balaban J connectivity index is 1.84. The molecular weight excluding hydrogens is 340 g/mol. The van der Waals surface area contributed by atoms with Crippen molar-refractivity contribution in [2.75, 3.05) is 12.5 Å². The van der Waals surface area contributed by atoms with Crippen LogP contribution in [0.25, 0.3) is 0 Å². The molecule has 0 aromatic carbocycles. The second kappa shape index (κ2) is 8.52. The van der Waals surface area contributed by atoms with E-state index < -0.39 is 5.82 Å². The third kappa shape index (κ3) is 4.23. The third-order valence-electron chi connectivity index (χ3n) is 5.02. The van der Waals surface area contributed by atoms with Crippen molar-refractivity contribution in [1.82, 2.24) is 0 Å². The van der Waals surface area contributed by atoms with Gasteiger partial charge in [0.25, 0.3) is 0 Å². The number of hydrogen-bond acceptors (Lipinski definition) is 5. The molecule has 24 heavy (non-hydrogen) atoms. The van der Waals surface area contributed by atoms with E-state index in [4.69, 9.17) is 8.83 Å². The van der Waals surface area contributed by atoms with Gasteiger partial charge in [0.1, 0.15) is 0 Å². The van der Waals surface area contributed by atoms with E-state index in [2.05, 4.69) is 12.5 Å². The molecular formula is C19H26O3S2. The van der Waals surface area contributed by atoms with Crippen molar-refractivity contribution < 1.29 is 8.83 Å². The van der Waals surface area contributed by atoms with Gasteiger partial charge in [0.2, 0.25) is 0 Å². The van der Waals surface area contributed by atoms with E-state index in [0.29, 0.717) is 0 Å². The monoisotopic (exact) mass is 366 g/mol. The zero-order valence-corrected chi connectivity index (χ0v) is 16.2. The molecule has 5 heteroatoms. The molecule has 1 heterocycles. The van der Waals surface area contributed by atoms with Crippen molar-refractivity contribution in [2.45, 2.75) is 64.2 Å². The predicted molar refractivity (Wildman–Crippen MR) is 103 cm³/mol. The predicted octanol–water partition coefficient (Wildman–Crippen LogP) is 5.70. The van der Waals surface area contributed by atoms with Gasteiger partial charge in [-0.05, 0) is 73.7 Å². The molecule has 0 aliphatic heterocycles. The fraction of sp³-hybridized carbons (Fsp3) is 0.632. The van der Waals surface area contributed by atoms with E-state index in [1.54, 1.807) is 0 Å². The minimum absolute atomic E-state index is 0.552. The van der Waals surface area contributed by atoms with Crippen molar-refractivity contribution in [3.05, 3.63) is 43.1 Å². The molecule has 1 aromatic heterocycles. The highest BCUT2D eigenvalue weighted by molar-refractivity contribution is 8.02. The van der Waals surface area contributed by atoms with Crippen LogP contribution in [0.2, 0.25) is 0 Å². The van der Waals surface area contributed by atoms with Crippen molar-refractivity contribution in [3.8, 4) is 0 Å². The van der Waals surface area contributed by atoms with E-state index in [-0.39, 0.29) is 0 Å². The van der Waals surface area contributed by atoms with Crippen molar-refractivity contribution in [1.29, 1.82) is 0 Å². The Morgan fingerprint density at radius 2 is 1.17 bits per heavy atom. The summed E-state index contributed by atoms with van der Waals surface area (Å²) in [7, 11) is 0. The number of rotatable bonds is 6. The Morgan fingerprint density at radius 1 is 0.750 bits per heavy atom. The van der Waals surface area contributed by atoms with Crippen LogP contribution in [-0.4, -0.2) is 12.5 Å². The number of allylic oxidation sites excluding steroid dienone is 4. The maximum absolute atomic E-state index is 11.7. The van der Waals surface area contributed by atoms with Gasteiger partial charge in [0, 0.05) is 12.8 Å². The highest BCUT2D eigenvalue weighted by atomic mass is 32.2. The van der Waals surface area contributed by atoms with Crippen LogP contribution in [0, 0.1) is 0 Å². The Kier molecular flexibility index (Phi) is 6.39. The van der Waals surface area contributed by atoms with Crippen LogP contribution < -0.4 is 5.82 Å². The summed E-state index contributed by atoms with van der Waals surface area (Å²) in [5.41, 5.74) is 2.87. The topological polar surface area (TPSA) is 43.4 Å². The Labute approximate surface area is 152 Å². The first-order chi connectivity index (χ1) is 11.7. The number of hydrogen-bond donors (Lipinski definition) is 0.